The number of carbonyl (C=O) groups is 2. The molecule has 0 saturated carbocycles. The number of imidazole rings is 1. The summed E-state index contributed by atoms with van der Waals surface area (Å²) in [6.07, 6.45) is 5.15. The lowest BCUT2D eigenvalue weighted by molar-refractivity contribution is -0.127. The van der Waals surface area contributed by atoms with Gasteiger partial charge in [0.15, 0.2) is 11.5 Å². The van der Waals surface area contributed by atoms with E-state index in [9.17, 15) is 4.79 Å². The first-order chi connectivity index (χ1) is 14.1. The number of methoxy groups -OCH3 is 1. The van der Waals surface area contributed by atoms with Crippen LogP contribution >= 0.6 is 0 Å². The number of aromatic nitrogens is 2. The third kappa shape index (κ3) is 4.28. The molecule has 1 fully saturated rings. The van der Waals surface area contributed by atoms with Crippen molar-refractivity contribution < 1.29 is 28.9 Å². The molecule has 0 radical (unpaired) electrons. The number of carbonyl (C=O) groups excluding carboxylic acids is 1. The Morgan fingerprint density at radius 2 is 2.00 bits per heavy atom. The van der Waals surface area contributed by atoms with Gasteiger partial charge in [0.1, 0.15) is 24.8 Å². The van der Waals surface area contributed by atoms with E-state index in [2.05, 4.69) is 16.5 Å². The van der Waals surface area contributed by atoms with Gasteiger partial charge in [-0.1, -0.05) is 6.92 Å². The topological polar surface area (TPSA) is 103 Å². The molecule has 1 aromatic carbocycles. The van der Waals surface area contributed by atoms with E-state index in [-0.39, 0.29) is 18.4 Å². The van der Waals surface area contributed by atoms with Crippen LogP contribution in [0.2, 0.25) is 0 Å². The molecule has 156 valence electrons. The van der Waals surface area contributed by atoms with Gasteiger partial charge in [-0.05, 0) is 12.5 Å². The Labute approximate surface area is 168 Å². The quantitative estimate of drug-likeness (QED) is 0.764. The van der Waals surface area contributed by atoms with Crippen LogP contribution in [0, 0.1) is 0 Å². The smallest absolute Gasteiger partial charge is 0.290 e. The van der Waals surface area contributed by atoms with E-state index in [0.717, 1.165) is 24.4 Å². The van der Waals surface area contributed by atoms with Crippen LogP contribution in [0.25, 0.3) is 11.4 Å². The minimum absolute atomic E-state index is 0.0736. The average molecular weight is 403 g/mol. The number of hydrogen-bond acceptors (Lipinski definition) is 6. The van der Waals surface area contributed by atoms with E-state index in [0.29, 0.717) is 43.4 Å². The third-order valence-electron chi connectivity index (χ3n) is 4.85. The number of hydrogen-bond donors (Lipinski definition) is 1. The third-order valence-corrected chi connectivity index (χ3v) is 4.85. The van der Waals surface area contributed by atoms with Crippen LogP contribution in [-0.4, -0.2) is 65.3 Å². The summed E-state index contributed by atoms with van der Waals surface area (Å²) in [5, 5.41) is 6.89. The number of amides is 1. The highest BCUT2D eigenvalue weighted by atomic mass is 16.6. The highest BCUT2D eigenvalue weighted by molar-refractivity contribution is 5.79. The normalized spacial score (nSPS) is 17.5. The van der Waals surface area contributed by atoms with Gasteiger partial charge in [0, 0.05) is 38.0 Å². The highest BCUT2D eigenvalue weighted by Crippen LogP contribution is 2.42. The minimum Gasteiger partial charge on any atom is -0.496 e. The Morgan fingerprint density at radius 1 is 1.31 bits per heavy atom. The van der Waals surface area contributed by atoms with Gasteiger partial charge in [0.05, 0.1) is 18.7 Å². The van der Waals surface area contributed by atoms with Crippen molar-refractivity contribution >= 4 is 12.4 Å². The van der Waals surface area contributed by atoms with Gasteiger partial charge in [-0.25, -0.2) is 4.98 Å². The molecule has 1 amide bonds. The molecule has 1 aromatic heterocycles. The zero-order chi connectivity index (χ0) is 20.8. The number of nitrogens with zero attached hydrogens (tertiary/aromatic N) is 3. The van der Waals surface area contributed by atoms with Gasteiger partial charge in [-0.2, -0.15) is 0 Å². The van der Waals surface area contributed by atoms with Gasteiger partial charge in [-0.3, -0.25) is 9.59 Å². The van der Waals surface area contributed by atoms with Crippen molar-refractivity contribution in [2.24, 2.45) is 0 Å². The second-order valence-electron chi connectivity index (χ2n) is 6.66. The molecule has 3 heterocycles. The molecule has 0 spiro atoms. The molecule has 29 heavy (non-hydrogen) atoms. The Balaban J connectivity index is 0.000000755. The van der Waals surface area contributed by atoms with Crippen molar-refractivity contribution in [2.45, 2.75) is 25.8 Å². The summed E-state index contributed by atoms with van der Waals surface area (Å²) in [5.41, 5.74) is 0.836. The second-order valence-corrected chi connectivity index (χ2v) is 6.66. The Kier molecular flexibility index (Phi) is 6.58. The van der Waals surface area contributed by atoms with Crippen LogP contribution in [0.4, 0.5) is 0 Å². The van der Waals surface area contributed by atoms with Crippen molar-refractivity contribution in [2.75, 3.05) is 33.4 Å². The number of likely N-dealkylation sites (tertiary alicyclic amines) is 1. The molecule has 1 saturated heterocycles. The number of benzene rings is 1. The number of fused-ring (bicyclic) bond motifs is 1. The Morgan fingerprint density at radius 3 is 2.66 bits per heavy atom. The summed E-state index contributed by atoms with van der Waals surface area (Å²) >= 11 is 0. The van der Waals surface area contributed by atoms with Crippen LogP contribution in [0.5, 0.6) is 17.2 Å². The van der Waals surface area contributed by atoms with E-state index < -0.39 is 0 Å². The first-order valence-corrected chi connectivity index (χ1v) is 9.49. The van der Waals surface area contributed by atoms with Gasteiger partial charge in [0.2, 0.25) is 5.91 Å². The molecule has 4 rings (SSSR count). The molecule has 1 atom stereocenters. The van der Waals surface area contributed by atoms with Crippen LogP contribution in [0.15, 0.2) is 24.5 Å². The molecule has 1 unspecified atom stereocenters. The summed E-state index contributed by atoms with van der Waals surface area (Å²) in [5.74, 6) is 3.02. The standard InChI is InChI=1S/C19H23N3O4.CH2O2/c1-3-5-21-12-13(9-18(21)23)22-6-4-20-19(22)14-10-16-17(11-15(14)24-2)26-8-7-25-16;2-1-3/h4,6,10-11,13H,3,5,7-9,12H2,1-2H3;1H,(H,2,3). The molecule has 9 nitrogen and oxygen atoms in total. The molecule has 1 N–H and O–H groups in total. The lowest BCUT2D eigenvalue weighted by atomic mass is 10.1. The van der Waals surface area contributed by atoms with Crippen molar-refractivity contribution in [1.29, 1.82) is 0 Å². The second kappa shape index (κ2) is 9.31. The first-order valence-electron chi connectivity index (χ1n) is 9.49. The minimum atomic E-state index is -0.250. The van der Waals surface area contributed by atoms with Gasteiger partial charge in [0.25, 0.3) is 6.47 Å². The van der Waals surface area contributed by atoms with Gasteiger partial charge in [-0.15, -0.1) is 0 Å². The fraction of sp³-hybridized carbons (Fsp3) is 0.450. The molecule has 2 aliphatic heterocycles. The molecule has 0 aliphatic carbocycles. The van der Waals surface area contributed by atoms with Crippen LogP contribution < -0.4 is 14.2 Å². The van der Waals surface area contributed by atoms with E-state index >= 15 is 0 Å². The predicted octanol–water partition coefficient (Wildman–Crippen LogP) is 2.21. The summed E-state index contributed by atoms with van der Waals surface area (Å²) in [7, 11) is 1.63. The Bertz CT molecular complexity index is 866. The van der Waals surface area contributed by atoms with Crippen molar-refractivity contribution in [3.8, 4) is 28.6 Å². The zero-order valence-corrected chi connectivity index (χ0v) is 16.5. The van der Waals surface area contributed by atoms with Crippen molar-refractivity contribution in [3.63, 3.8) is 0 Å². The van der Waals surface area contributed by atoms with Crippen molar-refractivity contribution in [3.05, 3.63) is 24.5 Å². The molecule has 0 bridgehead atoms. The molecule has 9 heteroatoms. The lowest BCUT2D eigenvalue weighted by Crippen LogP contribution is -2.26. The highest BCUT2D eigenvalue weighted by Gasteiger charge is 2.32. The lowest BCUT2D eigenvalue weighted by Gasteiger charge is -2.22. The van der Waals surface area contributed by atoms with E-state index in [1.807, 2.05) is 23.2 Å². The molecular weight excluding hydrogens is 378 g/mol. The molecular formula is C20H25N3O6. The van der Waals surface area contributed by atoms with Gasteiger partial charge >= 0.3 is 0 Å². The Hall–Kier alpha value is -3.23. The summed E-state index contributed by atoms with van der Waals surface area (Å²) < 4.78 is 19.0. The zero-order valence-electron chi connectivity index (χ0n) is 16.5. The fourth-order valence-electron chi connectivity index (χ4n) is 3.65. The number of carboxylic acid groups (broad SMARTS) is 1. The summed E-state index contributed by atoms with van der Waals surface area (Å²) in [4.78, 5) is 27.1. The fourth-order valence-corrected chi connectivity index (χ4v) is 3.65. The van der Waals surface area contributed by atoms with E-state index in [4.69, 9.17) is 24.1 Å². The van der Waals surface area contributed by atoms with Crippen LogP contribution in [-0.2, 0) is 9.59 Å². The maximum atomic E-state index is 12.3. The maximum absolute atomic E-state index is 12.3. The van der Waals surface area contributed by atoms with Crippen LogP contribution in [0.3, 0.4) is 0 Å². The van der Waals surface area contributed by atoms with E-state index in [1.165, 1.54) is 0 Å². The monoisotopic (exact) mass is 403 g/mol. The van der Waals surface area contributed by atoms with Crippen LogP contribution in [0.1, 0.15) is 25.8 Å². The largest absolute Gasteiger partial charge is 0.496 e. The average Bonchev–Trinajstić information content (AvgIpc) is 3.35. The number of rotatable bonds is 5. The first kappa shape index (κ1) is 20.5. The summed E-state index contributed by atoms with van der Waals surface area (Å²) in [6, 6.07) is 3.82. The van der Waals surface area contributed by atoms with E-state index in [1.54, 1.807) is 13.3 Å². The molecule has 2 aliphatic rings. The van der Waals surface area contributed by atoms with Gasteiger partial charge < -0.3 is 28.8 Å². The van der Waals surface area contributed by atoms with Crippen molar-refractivity contribution in [1.82, 2.24) is 14.5 Å². The maximum Gasteiger partial charge on any atom is 0.290 e. The summed E-state index contributed by atoms with van der Waals surface area (Å²) in [6.45, 7) is 4.40. The predicted molar refractivity (Wildman–Crippen MR) is 104 cm³/mol. The SMILES string of the molecule is CCCN1CC(n2ccnc2-c2cc3c(cc2OC)OCCO3)CC1=O.O=CO. The molecule has 2 aromatic rings. The number of ether oxygens (including phenoxy) is 3.